The van der Waals surface area contributed by atoms with Gasteiger partial charge in [0.15, 0.2) is 11.6 Å². The van der Waals surface area contributed by atoms with Gasteiger partial charge in [-0.1, -0.05) is 0 Å². The number of benzene rings is 1. The van der Waals surface area contributed by atoms with Gasteiger partial charge in [-0.2, -0.15) is 4.39 Å². The van der Waals surface area contributed by atoms with Gasteiger partial charge in [-0.3, -0.25) is 0 Å². The van der Waals surface area contributed by atoms with Crippen LogP contribution in [-0.4, -0.2) is 15.7 Å². The van der Waals surface area contributed by atoms with Crippen molar-refractivity contribution in [1.82, 2.24) is 4.57 Å². The first-order valence-corrected chi connectivity index (χ1v) is 4.92. The molecular weight excluding hydrogens is 214 g/mol. The molecule has 0 radical (unpaired) electrons. The molecule has 1 aromatic heterocycles. The Morgan fingerprint density at radius 3 is 2.75 bits per heavy atom. The van der Waals surface area contributed by atoms with Crippen molar-refractivity contribution in [2.24, 2.45) is 5.73 Å². The second kappa shape index (κ2) is 3.75. The lowest BCUT2D eigenvalue weighted by Gasteiger charge is -2.09. The molecule has 5 heteroatoms. The zero-order valence-electron chi connectivity index (χ0n) is 8.74. The molecule has 0 aliphatic heterocycles. The van der Waals surface area contributed by atoms with E-state index in [0.29, 0.717) is 12.1 Å². The highest BCUT2D eigenvalue weighted by Gasteiger charge is 2.15. The minimum Gasteiger partial charge on any atom is -0.505 e. The van der Waals surface area contributed by atoms with Crippen LogP contribution in [0.4, 0.5) is 8.78 Å². The molecule has 0 fully saturated rings. The molecule has 1 atom stereocenters. The molecule has 1 heterocycles. The van der Waals surface area contributed by atoms with Crippen LogP contribution in [0.5, 0.6) is 5.75 Å². The van der Waals surface area contributed by atoms with Gasteiger partial charge in [-0.25, -0.2) is 4.39 Å². The van der Waals surface area contributed by atoms with Crippen molar-refractivity contribution in [1.29, 1.82) is 0 Å². The van der Waals surface area contributed by atoms with Crippen molar-refractivity contribution in [3.05, 3.63) is 30.0 Å². The molecular formula is C11H12F2N2O. The first-order chi connectivity index (χ1) is 7.50. The Hall–Kier alpha value is -1.62. The molecule has 0 bridgehead atoms. The lowest BCUT2D eigenvalue weighted by atomic mass is 10.2. The van der Waals surface area contributed by atoms with E-state index in [1.807, 2.05) is 6.92 Å². The molecule has 16 heavy (non-hydrogen) atoms. The summed E-state index contributed by atoms with van der Waals surface area (Å²) in [4.78, 5) is 0. The average molecular weight is 226 g/mol. The van der Waals surface area contributed by atoms with Crippen LogP contribution in [0.1, 0.15) is 6.92 Å². The molecule has 3 N–H and O–H groups in total. The fourth-order valence-electron chi connectivity index (χ4n) is 1.72. The highest BCUT2D eigenvalue weighted by atomic mass is 19.2. The summed E-state index contributed by atoms with van der Waals surface area (Å²) in [6.07, 6.45) is 1.62. The van der Waals surface area contributed by atoms with Gasteiger partial charge < -0.3 is 15.4 Å². The number of phenols is 1. The maximum absolute atomic E-state index is 13.4. The number of aromatic hydroxyl groups is 1. The number of halogens is 2. The lowest BCUT2D eigenvalue weighted by Crippen LogP contribution is -2.21. The first-order valence-electron chi connectivity index (χ1n) is 4.92. The Morgan fingerprint density at radius 2 is 2.12 bits per heavy atom. The zero-order valence-corrected chi connectivity index (χ0v) is 8.74. The summed E-state index contributed by atoms with van der Waals surface area (Å²) in [5, 5.41) is 9.36. The lowest BCUT2D eigenvalue weighted by molar-refractivity contribution is 0.410. The van der Waals surface area contributed by atoms with Crippen LogP contribution in [0.25, 0.3) is 10.9 Å². The maximum Gasteiger partial charge on any atom is 0.201 e. The van der Waals surface area contributed by atoms with Crippen molar-refractivity contribution < 1.29 is 13.9 Å². The summed E-state index contributed by atoms with van der Waals surface area (Å²) in [6, 6.07) is 2.57. The van der Waals surface area contributed by atoms with Crippen LogP contribution >= 0.6 is 0 Å². The summed E-state index contributed by atoms with van der Waals surface area (Å²) in [7, 11) is 0. The highest BCUT2D eigenvalue weighted by Crippen LogP contribution is 2.28. The summed E-state index contributed by atoms with van der Waals surface area (Å²) < 4.78 is 28.2. The SMILES string of the molecule is CC(N)Cn1ccc2c(F)c(F)c(O)cc21. The Bertz CT molecular complexity index is 534. The molecule has 2 aromatic rings. The number of nitrogens with zero attached hydrogens (tertiary/aromatic N) is 1. The van der Waals surface area contributed by atoms with Crippen LogP contribution < -0.4 is 5.73 Å². The highest BCUT2D eigenvalue weighted by molar-refractivity contribution is 5.82. The Morgan fingerprint density at radius 1 is 1.44 bits per heavy atom. The average Bonchev–Trinajstić information content (AvgIpc) is 2.58. The van der Waals surface area contributed by atoms with Gasteiger partial charge in [0.25, 0.3) is 0 Å². The molecule has 0 aliphatic carbocycles. The standard InChI is InChI=1S/C11H12F2N2O/c1-6(14)5-15-3-2-7-8(15)4-9(16)11(13)10(7)12/h2-4,6,16H,5,14H2,1H3. The Kier molecular flexibility index (Phi) is 2.55. The van der Waals surface area contributed by atoms with Gasteiger partial charge in [-0.15, -0.1) is 0 Å². The van der Waals surface area contributed by atoms with E-state index >= 15 is 0 Å². The van der Waals surface area contributed by atoms with Crippen molar-refractivity contribution in [2.75, 3.05) is 0 Å². The van der Waals surface area contributed by atoms with Gasteiger partial charge in [-0.05, 0) is 13.0 Å². The number of fused-ring (bicyclic) bond motifs is 1. The third-order valence-electron chi connectivity index (χ3n) is 2.42. The van der Waals surface area contributed by atoms with Gasteiger partial charge in [0, 0.05) is 30.2 Å². The Labute approximate surface area is 91.1 Å². The molecule has 2 rings (SSSR count). The number of hydrogen-bond acceptors (Lipinski definition) is 2. The van der Waals surface area contributed by atoms with E-state index in [-0.39, 0.29) is 11.4 Å². The second-order valence-corrected chi connectivity index (χ2v) is 3.90. The molecule has 0 amide bonds. The van der Waals surface area contributed by atoms with Gasteiger partial charge in [0.05, 0.1) is 5.52 Å². The smallest absolute Gasteiger partial charge is 0.201 e. The number of nitrogens with two attached hydrogens (primary N) is 1. The molecule has 0 saturated carbocycles. The maximum atomic E-state index is 13.4. The molecule has 3 nitrogen and oxygen atoms in total. The van der Waals surface area contributed by atoms with Gasteiger partial charge in [0.1, 0.15) is 0 Å². The summed E-state index contributed by atoms with van der Waals surface area (Å²) in [6.45, 7) is 2.29. The van der Waals surface area contributed by atoms with Crippen LogP contribution in [0, 0.1) is 11.6 Å². The summed E-state index contributed by atoms with van der Waals surface area (Å²) in [5.74, 6) is -2.93. The molecule has 1 unspecified atom stereocenters. The largest absolute Gasteiger partial charge is 0.505 e. The van der Waals surface area contributed by atoms with Crippen molar-refractivity contribution in [3.8, 4) is 5.75 Å². The van der Waals surface area contributed by atoms with E-state index in [1.165, 1.54) is 12.1 Å². The monoisotopic (exact) mass is 226 g/mol. The quantitative estimate of drug-likeness (QED) is 0.822. The topological polar surface area (TPSA) is 51.2 Å². The van der Waals surface area contributed by atoms with E-state index in [2.05, 4.69) is 0 Å². The number of hydrogen-bond donors (Lipinski definition) is 2. The van der Waals surface area contributed by atoms with E-state index in [0.717, 1.165) is 0 Å². The summed E-state index contributed by atoms with van der Waals surface area (Å²) in [5.41, 5.74) is 6.07. The van der Waals surface area contributed by atoms with E-state index in [1.54, 1.807) is 10.8 Å². The van der Waals surface area contributed by atoms with Crippen LogP contribution in [-0.2, 0) is 6.54 Å². The Balaban J connectivity index is 2.64. The van der Waals surface area contributed by atoms with Crippen molar-refractivity contribution in [3.63, 3.8) is 0 Å². The van der Waals surface area contributed by atoms with E-state index < -0.39 is 17.4 Å². The first kappa shape index (κ1) is 10.9. The normalized spacial score (nSPS) is 13.2. The summed E-state index contributed by atoms with van der Waals surface area (Å²) >= 11 is 0. The van der Waals surface area contributed by atoms with Gasteiger partial charge in [0.2, 0.25) is 5.82 Å². The number of aromatic nitrogens is 1. The third kappa shape index (κ3) is 1.63. The number of rotatable bonds is 2. The van der Waals surface area contributed by atoms with Crippen LogP contribution in [0.15, 0.2) is 18.3 Å². The fourth-order valence-corrected chi connectivity index (χ4v) is 1.72. The predicted octanol–water partition coefficient (Wildman–Crippen LogP) is 1.97. The predicted molar refractivity (Wildman–Crippen MR) is 57.2 cm³/mol. The molecule has 0 aliphatic rings. The van der Waals surface area contributed by atoms with Crippen LogP contribution in [0.3, 0.4) is 0 Å². The van der Waals surface area contributed by atoms with E-state index in [9.17, 15) is 13.9 Å². The minimum atomic E-state index is -1.22. The van der Waals surface area contributed by atoms with Crippen molar-refractivity contribution >= 4 is 10.9 Å². The second-order valence-electron chi connectivity index (χ2n) is 3.90. The third-order valence-corrected chi connectivity index (χ3v) is 2.42. The van der Waals surface area contributed by atoms with E-state index in [4.69, 9.17) is 5.73 Å². The van der Waals surface area contributed by atoms with Crippen molar-refractivity contribution in [2.45, 2.75) is 19.5 Å². The molecule has 0 spiro atoms. The molecule has 1 aromatic carbocycles. The van der Waals surface area contributed by atoms with Crippen LogP contribution in [0.2, 0.25) is 0 Å². The molecule has 86 valence electrons. The minimum absolute atomic E-state index is 0.106. The molecule has 0 saturated heterocycles. The fraction of sp³-hybridized carbons (Fsp3) is 0.273. The van der Waals surface area contributed by atoms with Gasteiger partial charge >= 0.3 is 0 Å². The number of phenolic OH excluding ortho intramolecular Hbond substituents is 1. The zero-order chi connectivity index (χ0) is 11.9.